The van der Waals surface area contributed by atoms with E-state index >= 15 is 0 Å². The second-order valence-corrected chi connectivity index (χ2v) is 9.71. The van der Waals surface area contributed by atoms with Crippen LogP contribution in [0.15, 0.2) is 71.6 Å². The molecule has 0 saturated carbocycles. The highest BCUT2D eigenvalue weighted by Crippen LogP contribution is 2.32. The van der Waals surface area contributed by atoms with Gasteiger partial charge in [0, 0.05) is 6.04 Å². The van der Waals surface area contributed by atoms with E-state index in [0.29, 0.717) is 6.42 Å². The third-order valence-electron chi connectivity index (χ3n) is 5.84. The van der Waals surface area contributed by atoms with Crippen molar-refractivity contribution in [3.05, 3.63) is 72.5 Å². The summed E-state index contributed by atoms with van der Waals surface area (Å²) in [6.45, 7) is 3.55. The van der Waals surface area contributed by atoms with E-state index in [1.807, 2.05) is 31.2 Å². The fourth-order valence-electron chi connectivity index (χ4n) is 4.02. The van der Waals surface area contributed by atoms with Gasteiger partial charge < -0.3 is 0 Å². The molecule has 1 heterocycles. The summed E-state index contributed by atoms with van der Waals surface area (Å²) in [5.41, 5.74) is 0.219. The van der Waals surface area contributed by atoms with Crippen molar-refractivity contribution in [2.75, 3.05) is 4.90 Å². The van der Waals surface area contributed by atoms with E-state index in [4.69, 9.17) is 0 Å². The number of amides is 2. The molecule has 2 atom stereocenters. The fraction of sp³-hybridized carbons (Fsp3) is 0.250. The van der Waals surface area contributed by atoms with Crippen molar-refractivity contribution in [1.29, 1.82) is 0 Å². The van der Waals surface area contributed by atoms with Crippen LogP contribution in [0.1, 0.15) is 26.7 Å². The van der Waals surface area contributed by atoms with E-state index in [-0.39, 0.29) is 17.0 Å². The van der Waals surface area contributed by atoms with Gasteiger partial charge in [0.25, 0.3) is 5.91 Å². The van der Waals surface area contributed by atoms with Gasteiger partial charge in [-0.3, -0.25) is 9.59 Å². The Bertz CT molecular complexity index is 1290. The molecule has 8 heteroatoms. The Morgan fingerprint density at radius 2 is 1.69 bits per heavy atom. The second kappa shape index (κ2) is 8.44. The zero-order valence-corrected chi connectivity index (χ0v) is 18.5. The molecule has 0 radical (unpaired) electrons. The van der Waals surface area contributed by atoms with Gasteiger partial charge in [-0.15, -0.1) is 0 Å². The predicted molar refractivity (Wildman–Crippen MR) is 120 cm³/mol. The highest BCUT2D eigenvalue weighted by atomic mass is 32.2. The van der Waals surface area contributed by atoms with Crippen LogP contribution < -0.4 is 4.90 Å². The number of hydrogen-bond donors (Lipinski definition) is 0. The molecule has 2 amide bonds. The van der Waals surface area contributed by atoms with E-state index in [2.05, 4.69) is 0 Å². The maximum atomic E-state index is 13.7. The smallest absolute Gasteiger partial charge is 0.252 e. The Morgan fingerprint density at radius 3 is 2.34 bits per heavy atom. The molecule has 0 aliphatic carbocycles. The first kappa shape index (κ1) is 22.1. The summed E-state index contributed by atoms with van der Waals surface area (Å²) in [7, 11) is -4.08. The van der Waals surface area contributed by atoms with Gasteiger partial charge in [-0.1, -0.05) is 37.3 Å². The number of halogens is 1. The summed E-state index contributed by atoms with van der Waals surface area (Å²) in [6, 6.07) is 15.5. The summed E-state index contributed by atoms with van der Waals surface area (Å²) in [5.74, 6) is -1.65. The molecule has 3 aromatic carbocycles. The number of fused-ring (bicyclic) bond motifs is 1. The van der Waals surface area contributed by atoms with Crippen LogP contribution in [-0.2, 0) is 19.6 Å². The number of benzene rings is 3. The molecule has 166 valence electrons. The molecule has 4 rings (SSSR count). The molecule has 1 fully saturated rings. The van der Waals surface area contributed by atoms with Crippen LogP contribution >= 0.6 is 0 Å². The normalized spacial score (nSPS) is 18.0. The standard InChI is InChI=1S/C24H23FN2O4S/c1-3-16(2)27(32(30,31)21-13-8-17-6-4-5-7-18(17)14-21)22-15-23(28)26(24(22)29)20-11-9-19(25)10-12-20/h4-14,16,22H,3,15H2,1-2H3. The number of carbonyl (C=O) groups excluding carboxylic acids is 2. The maximum Gasteiger partial charge on any atom is 0.252 e. The quantitative estimate of drug-likeness (QED) is 0.526. The van der Waals surface area contributed by atoms with Gasteiger partial charge in [0.15, 0.2) is 0 Å². The Morgan fingerprint density at radius 1 is 1.03 bits per heavy atom. The highest BCUT2D eigenvalue weighted by Gasteiger charge is 2.48. The molecule has 0 spiro atoms. The Balaban J connectivity index is 1.75. The van der Waals surface area contributed by atoms with Gasteiger partial charge in [-0.2, -0.15) is 4.31 Å². The van der Waals surface area contributed by atoms with Crippen molar-refractivity contribution in [3.8, 4) is 0 Å². The van der Waals surface area contributed by atoms with Crippen LogP contribution in [0.25, 0.3) is 10.8 Å². The van der Waals surface area contributed by atoms with E-state index < -0.39 is 39.7 Å². The lowest BCUT2D eigenvalue weighted by Crippen LogP contribution is -2.49. The summed E-state index contributed by atoms with van der Waals surface area (Å²) in [5, 5.41) is 1.66. The number of anilines is 1. The zero-order chi connectivity index (χ0) is 23.0. The van der Waals surface area contributed by atoms with Crippen LogP contribution in [-0.4, -0.2) is 36.6 Å². The molecule has 6 nitrogen and oxygen atoms in total. The minimum atomic E-state index is -4.08. The van der Waals surface area contributed by atoms with Crippen molar-refractivity contribution >= 4 is 38.3 Å². The van der Waals surface area contributed by atoms with Crippen LogP contribution in [0.4, 0.5) is 10.1 Å². The average Bonchev–Trinajstić information content (AvgIpc) is 3.07. The number of rotatable bonds is 6. The number of carbonyl (C=O) groups is 2. The molecule has 32 heavy (non-hydrogen) atoms. The molecular formula is C24H23FN2O4S. The van der Waals surface area contributed by atoms with E-state index in [1.165, 1.54) is 18.2 Å². The SMILES string of the molecule is CCC(C)N(C1CC(=O)N(c2ccc(F)cc2)C1=O)S(=O)(=O)c1ccc2ccccc2c1. The lowest BCUT2D eigenvalue weighted by molar-refractivity contribution is -0.122. The molecule has 3 aromatic rings. The van der Waals surface area contributed by atoms with Gasteiger partial charge in [0.2, 0.25) is 15.9 Å². The lowest BCUT2D eigenvalue weighted by Gasteiger charge is -2.31. The summed E-state index contributed by atoms with van der Waals surface area (Å²) in [6.07, 6.45) is 0.189. The highest BCUT2D eigenvalue weighted by molar-refractivity contribution is 7.89. The van der Waals surface area contributed by atoms with Crippen LogP contribution in [0.3, 0.4) is 0 Å². The largest absolute Gasteiger partial charge is 0.274 e. The molecule has 0 aromatic heterocycles. The first-order valence-electron chi connectivity index (χ1n) is 10.4. The van der Waals surface area contributed by atoms with E-state index in [9.17, 15) is 22.4 Å². The minimum Gasteiger partial charge on any atom is -0.274 e. The van der Waals surface area contributed by atoms with E-state index in [0.717, 1.165) is 32.1 Å². The van der Waals surface area contributed by atoms with Gasteiger partial charge in [0.1, 0.15) is 11.9 Å². The van der Waals surface area contributed by atoms with Crippen LogP contribution in [0, 0.1) is 5.82 Å². The topological polar surface area (TPSA) is 74.8 Å². The molecular weight excluding hydrogens is 431 g/mol. The summed E-state index contributed by atoms with van der Waals surface area (Å²) >= 11 is 0. The summed E-state index contributed by atoms with van der Waals surface area (Å²) < 4.78 is 41.9. The van der Waals surface area contributed by atoms with Crippen LogP contribution in [0.2, 0.25) is 0 Å². The first-order chi connectivity index (χ1) is 15.2. The molecule has 1 saturated heterocycles. The number of sulfonamides is 1. The molecule has 2 unspecified atom stereocenters. The third kappa shape index (κ3) is 3.80. The summed E-state index contributed by atoms with van der Waals surface area (Å²) in [4.78, 5) is 27.0. The minimum absolute atomic E-state index is 0.0666. The van der Waals surface area contributed by atoms with Crippen molar-refractivity contribution in [1.82, 2.24) is 4.31 Å². The molecule has 1 aliphatic rings. The van der Waals surface area contributed by atoms with Gasteiger partial charge in [-0.05, 0) is 60.5 Å². The van der Waals surface area contributed by atoms with Crippen molar-refractivity contribution in [3.63, 3.8) is 0 Å². The number of nitrogens with zero attached hydrogens (tertiary/aromatic N) is 2. The number of hydrogen-bond acceptors (Lipinski definition) is 4. The third-order valence-corrected chi connectivity index (χ3v) is 7.86. The van der Waals surface area contributed by atoms with Gasteiger partial charge in [-0.25, -0.2) is 17.7 Å². The number of imide groups is 1. The first-order valence-corrected chi connectivity index (χ1v) is 11.8. The monoisotopic (exact) mass is 454 g/mol. The maximum absolute atomic E-state index is 13.7. The zero-order valence-electron chi connectivity index (χ0n) is 17.7. The molecule has 1 aliphatic heterocycles. The predicted octanol–water partition coefficient (Wildman–Crippen LogP) is 4.10. The average molecular weight is 455 g/mol. The lowest BCUT2D eigenvalue weighted by atomic mass is 10.1. The van der Waals surface area contributed by atoms with E-state index in [1.54, 1.807) is 19.1 Å². The second-order valence-electron chi connectivity index (χ2n) is 7.86. The van der Waals surface area contributed by atoms with Crippen LogP contribution in [0.5, 0.6) is 0 Å². The van der Waals surface area contributed by atoms with Crippen molar-refractivity contribution in [2.24, 2.45) is 0 Å². The fourth-order valence-corrected chi connectivity index (χ4v) is 5.90. The van der Waals surface area contributed by atoms with Crippen molar-refractivity contribution in [2.45, 2.75) is 43.7 Å². The Hall–Kier alpha value is -3.10. The Kier molecular flexibility index (Phi) is 5.83. The Labute approximate surface area is 186 Å². The molecule has 0 N–H and O–H groups in total. The molecule has 0 bridgehead atoms. The van der Waals surface area contributed by atoms with Gasteiger partial charge in [0.05, 0.1) is 17.0 Å². The van der Waals surface area contributed by atoms with Gasteiger partial charge >= 0.3 is 0 Å². The van der Waals surface area contributed by atoms with Crippen molar-refractivity contribution < 1.29 is 22.4 Å².